The van der Waals surface area contributed by atoms with Crippen LogP contribution in [0.15, 0.2) is 0 Å². The summed E-state index contributed by atoms with van der Waals surface area (Å²) in [6, 6.07) is 0. The highest BCUT2D eigenvalue weighted by Crippen LogP contribution is 2.22. The number of hydrogen-bond acceptors (Lipinski definition) is 3. The van der Waals surface area contributed by atoms with Gasteiger partial charge in [0.05, 0.1) is 11.9 Å². The van der Waals surface area contributed by atoms with E-state index in [0.717, 1.165) is 39.0 Å². The third-order valence-electron chi connectivity index (χ3n) is 4.03. The first-order valence-electron chi connectivity index (χ1n) is 7.64. The van der Waals surface area contributed by atoms with E-state index in [0.29, 0.717) is 11.9 Å². The molecule has 0 aromatic rings. The molecular formula is C15H31N3O. The van der Waals surface area contributed by atoms with E-state index in [9.17, 15) is 0 Å². The second kappa shape index (κ2) is 7.85. The van der Waals surface area contributed by atoms with Crippen molar-refractivity contribution in [3.8, 4) is 0 Å². The van der Waals surface area contributed by atoms with Crippen LogP contribution in [0.5, 0.6) is 0 Å². The Morgan fingerprint density at radius 1 is 1.47 bits per heavy atom. The molecule has 3 N–H and O–H groups in total. The fraction of sp³-hybridized carbons (Fsp3) is 0.933. The standard InChI is InChI=1S/C15H31N3O/c1-4-11-19-13-7-5-9-18(12-13)10-6-8-15(2,3)14(16)17/h13H,4-12H2,1-3H3,(H3,16,17). The zero-order valence-electron chi connectivity index (χ0n) is 12.9. The third-order valence-corrected chi connectivity index (χ3v) is 4.03. The predicted molar refractivity (Wildman–Crippen MR) is 80.6 cm³/mol. The summed E-state index contributed by atoms with van der Waals surface area (Å²) < 4.78 is 5.85. The number of nitrogens with one attached hydrogen (secondary N) is 1. The normalized spacial score (nSPS) is 21.5. The van der Waals surface area contributed by atoms with E-state index in [-0.39, 0.29) is 5.41 Å². The van der Waals surface area contributed by atoms with Crippen molar-refractivity contribution in [1.29, 1.82) is 5.41 Å². The minimum absolute atomic E-state index is 0.159. The Morgan fingerprint density at radius 3 is 2.84 bits per heavy atom. The highest BCUT2D eigenvalue weighted by Gasteiger charge is 2.23. The average Bonchev–Trinajstić information content (AvgIpc) is 2.36. The first-order chi connectivity index (χ1) is 8.95. The molecule has 1 fully saturated rings. The largest absolute Gasteiger partial charge is 0.387 e. The summed E-state index contributed by atoms with van der Waals surface area (Å²) in [5, 5.41) is 7.57. The van der Waals surface area contributed by atoms with Crippen molar-refractivity contribution >= 4 is 5.84 Å². The second-order valence-electron chi connectivity index (χ2n) is 6.34. The van der Waals surface area contributed by atoms with E-state index in [1.807, 2.05) is 0 Å². The number of nitrogens with two attached hydrogens (primary N) is 1. The van der Waals surface area contributed by atoms with Crippen molar-refractivity contribution in [2.75, 3.05) is 26.2 Å². The number of piperidine rings is 1. The van der Waals surface area contributed by atoms with Gasteiger partial charge in [-0.25, -0.2) is 0 Å². The van der Waals surface area contributed by atoms with Crippen molar-refractivity contribution < 1.29 is 4.74 Å². The van der Waals surface area contributed by atoms with Gasteiger partial charge >= 0.3 is 0 Å². The average molecular weight is 269 g/mol. The molecule has 0 aliphatic carbocycles. The summed E-state index contributed by atoms with van der Waals surface area (Å²) in [5.41, 5.74) is 5.46. The van der Waals surface area contributed by atoms with Crippen molar-refractivity contribution in [3.63, 3.8) is 0 Å². The molecule has 1 heterocycles. The van der Waals surface area contributed by atoms with Crippen LogP contribution in [0.25, 0.3) is 0 Å². The third kappa shape index (κ3) is 5.91. The number of amidine groups is 1. The lowest BCUT2D eigenvalue weighted by molar-refractivity contribution is -0.000653. The predicted octanol–water partition coefficient (Wildman–Crippen LogP) is 2.62. The van der Waals surface area contributed by atoms with Crippen LogP contribution >= 0.6 is 0 Å². The lowest BCUT2D eigenvalue weighted by atomic mass is 9.86. The van der Waals surface area contributed by atoms with E-state index < -0.39 is 0 Å². The molecule has 4 heteroatoms. The van der Waals surface area contributed by atoms with Gasteiger partial charge in [0.15, 0.2) is 0 Å². The van der Waals surface area contributed by atoms with Crippen LogP contribution in [0.2, 0.25) is 0 Å². The Balaban J connectivity index is 2.24. The SMILES string of the molecule is CCCOC1CCCN(CCCC(C)(C)C(=N)N)C1. The van der Waals surface area contributed by atoms with E-state index in [4.69, 9.17) is 15.9 Å². The molecule has 1 saturated heterocycles. The molecule has 19 heavy (non-hydrogen) atoms. The molecular weight excluding hydrogens is 238 g/mol. The summed E-state index contributed by atoms with van der Waals surface area (Å²) in [6.45, 7) is 10.5. The number of rotatable bonds is 8. The zero-order valence-corrected chi connectivity index (χ0v) is 12.9. The summed E-state index contributed by atoms with van der Waals surface area (Å²) in [4.78, 5) is 2.50. The van der Waals surface area contributed by atoms with Crippen molar-refractivity contribution in [2.24, 2.45) is 11.1 Å². The van der Waals surface area contributed by atoms with E-state index in [2.05, 4.69) is 25.7 Å². The second-order valence-corrected chi connectivity index (χ2v) is 6.34. The first-order valence-corrected chi connectivity index (χ1v) is 7.64. The molecule has 1 atom stereocenters. The summed E-state index contributed by atoms with van der Waals surface area (Å²) in [7, 11) is 0. The lowest BCUT2D eigenvalue weighted by Gasteiger charge is -2.33. The molecule has 0 radical (unpaired) electrons. The summed E-state index contributed by atoms with van der Waals surface area (Å²) in [5.74, 6) is 0.301. The van der Waals surface area contributed by atoms with Crippen LogP contribution in [0, 0.1) is 10.8 Å². The van der Waals surface area contributed by atoms with Crippen LogP contribution in [-0.4, -0.2) is 43.1 Å². The highest BCUT2D eigenvalue weighted by atomic mass is 16.5. The molecule has 0 aromatic heterocycles. The zero-order chi connectivity index (χ0) is 14.3. The molecule has 1 unspecified atom stereocenters. The maximum atomic E-state index is 7.57. The van der Waals surface area contributed by atoms with E-state index in [1.165, 1.54) is 19.4 Å². The molecule has 0 spiro atoms. The Morgan fingerprint density at radius 2 is 2.21 bits per heavy atom. The Hall–Kier alpha value is -0.610. The van der Waals surface area contributed by atoms with Gasteiger partial charge in [0.25, 0.3) is 0 Å². The minimum Gasteiger partial charge on any atom is -0.387 e. The van der Waals surface area contributed by atoms with Crippen LogP contribution in [0.3, 0.4) is 0 Å². The molecule has 112 valence electrons. The van der Waals surface area contributed by atoms with Crippen molar-refractivity contribution in [2.45, 2.75) is 59.0 Å². The number of hydrogen-bond donors (Lipinski definition) is 2. The van der Waals surface area contributed by atoms with Gasteiger partial charge in [0, 0.05) is 18.6 Å². The van der Waals surface area contributed by atoms with Gasteiger partial charge in [-0.3, -0.25) is 5.41 Å². The van der Waals surface area contributed by atoms with Gasteiger partial charge < -0.3 is 15.4 Å². The molecule has 0 aromatic carbocycles. The molecule has 0 bridgehead atoms. The lowest BCUT2D eigenvalue weighted by Crippen LogP contribution is -2.40. The van der Waals surface area contributed by atoms with Crippen LogP contribution in [-0.2, 0) is 4.74 Å². The Bertz CT molecular complexity index is 279. The van der Waals surface area contributed by atoms with Crippen molar-refractivity contribution in [3.05, 3.63) is 0 Å². The first kappa shape index (κ1) is 16.4. The number of likely N-dealkylation sites (tertiary alicyclic amines) is 1. The van der Waals surface area contributed by atoms with Gasteiger partial charge in [0.1, 0.15) is 0 Å². The minimum atomic E-state index is -0.159. The van der Waals surface area contributed by atoms with E-state index >= 15 is 0 Å². The summed E-state index contributed by atoms with van der Waals surface area (Å²) >= 11 is 0. The number of ether oxygens (including phenoxy) is 1. The Kier molecular flexibility index (Phi) is 6.80. The monoisotopic (exact) mass is 269 g/mol. The number of nitrogens with zero attached hydrogens (tertiary/aromatic N) is 1. The van der Waals surface area contributed by atoms with Crippen LogP contribution in [0.1, 0.15) is 52.9 Å². The van der Waals surface area contributed by atoms with Crippen LogP contribution < -0.4 is 5.73 Å². The van der Waals surface area contributed by atoms with Crippen molar-refractivity contribution in [1.82, 2.24) is 4.90 Å². The van der Waals surface area contributed by atoms with Gasteiger partial charge in [0.2, 0.25) is 0 Å². The Labute approximate surface area is 118 Å². The van der Waals surface area contributed by atoms with Gasteiger partial charge in [-0.05, 0) is 45.2 Å². The molecule has 0 amide bonds. The van der Waals surface area contributed by atoms with Gasteiger partial charge in [-0.15, -0.1) is 0 Å². The molecule has 1 rings (SSSR count). The molecule has 4 nitrogen and oxygen atoms in total. The quantitative estimate of drug-likeness (QED) is 0.526. The van der Waals surface area contributed by atoms with Gasteiger partial charge in [-0.2, -0.15) is 0 Å². The highest BCUT2D eigenvalue weighted by molar-refractivity contribution is 5.82. The molecule has 1 aliphatic rings. The fourth-order valence-electron chi connectivity index (χ4n) is 2.52. The molecule has 0 saturated carbocycles. The van der Waals surface area contributed by atoms with Gasteiger partial charge in [-0.1, -0.05) is 20.8 Å². The summed E-state index contributed by atoms with van der Waals surface area (Å²) in [6.07, 6.45) is 6.06. The smallest absolute Gasteiger partial charge is 0.0963 e. The van der Waals surface area contributed by atoms with E-state index in [1.54, 1.807) is 0 Å². The molecule has 1 aliphatic heterocycles. The fourth-order valence-corrected chi connectivity index (χ4v) is 2.52. The maximum Gasteiger partial charge on any atom is 0.0963 e. The maximum absolute atomic E-state index is 7.57. The van der Waals surface area contributed by atoms with Crippen LogP contribution in [0.4, 0.5) is 0 Å². The topological polar surface area (TPSA) is 62.3 Å².